The molecule has 2 heterocycles. The molecule has 0 unspecified atom stereocenters. The fourth-order valence-electron chi connectivity index (χ4n) is 1.88. The van der Waals surface area contributed by atoms with Crippen molar-refractivity contribution in [2.24, 2.45) is 0 Å². The highest BCUT2D eigenvalue weighted by atomic mass is 19.1. The number of likely N-dealkylation sites (N-methyl/N-ethyl adjacent to an activating group) is 1. The Hall–Kier alpha value is -1.62. The molecule has 0 saturated carbocycles. The van der Waals surface area contributed by atoms with E-state index in [0.717, 1.165) is 30.5 Å². The Labute approximate surface area is 106 Å². The van der Waals surface area contributed by atoms with Crippen molar-refractivity contribution >= 4 is 11.0 Å². The van der Waals surface area contributed by atoms with Crippen LogP contribution in [-0.4, -0.2) is 42.1 Å². The highest BCUT2D eigenvalue weighted by Gasteiger charge is 2.11. The molecular formula is C13H18FN3O. The summed E-state index contributed by atoms with van der Waals surface area (Å²) in [6, 6.07) is 1.70. The molecule has 0 spiro atoms. The molecule has 5 heteroatoms. The van der Waals surface area contributed by atoms with Crippen LogP contribution in [0.1, 0.15) is 12.5 Å². The third kappa shape index (κ3) is 2.46. The molecule has 0 amide bonds. The minimum Gasteiger partial charge on any atom is -0.492 e. The van der Waals surface area contributed by atoms with Gasteiger partial charge in [0.2, 0.25) is 0 Å². The maximum atomic E-state index is 13.4. The SMILES string of the molecule is CCN(C)CCc1c[nH]c2nc(F)c(OC)cc12. The van der Waals surface area contributed by atoms with Gasteiger partial charge in [0.1, 0.15) is 5.65 Å². The van der Waals surface area contributed by atoms with Gasteiger partial charge in [0.05, 0.1) is 7.11 Å². The molecule has 0 atom stereocenters. The summed E-state index contributed by atoms with van der Waals surface area (Å²) in [6.45, 7) is 4.09. The second kappa shape index (κ2) is 5.35. The van der Waals surface area contributed by atoms with Gasteiger partial charge >= 0.3 is 0 Å². The van der Waals surface area contributed by atoms with E-state index >= 15 is 0 Å². The molecular weight excluding hydrogens is 233 g/mol. The van der Waals surface area contributed by atoms with Crippen molar-refractivity contribution in [3.05, 3.63) is 23.8 Å². The van der Waals surface area contributed by atoms with Gasteiger partial charge < -0.3 is 14.6 Å². The maximum Gasteiger partial charge on any atom is 0.257 e. The minimum atomic E-state index is -0.580. The van der Waals surface area contributed by atoms with Gasteiger partial charge in [-0.3, -0.25) is 0 Å². The number of methoxy groups -OCH3 is 1. The number of ether oxygens (including phenoxy) is 1. The number of aromatic amines is 1. The molecule has 0 aliphatic carbocycles. The number of hydrogen-bond acceptors (Lipinski definition) is 3. The van der Waals surface area contributed by atoms with Crippen LogP contribution < -0.4 is 4.74 Å². The van der Waals surface area contributed by atoms with Crippen LogP contribution in [0.5, 0.6) is 5.75 Å². The summed E-state index contributed by atoms with van der Waals surface area (Å²) in [5.41, 5.74) is 1.71. The van der Waals surface area contributed by atoms with E-state index in [0.29, 0.717) is 5.65 Å². The van der Waals surface area contributed by atoms with Gasteiger partial charge in [0, 0.05) is 18.1 Å². The summed E-state index contributed by atoms with van der Waals surface area (Å²) in [5.74, 6) is -0.392. The molecule has 2 aromatic heterocycles. The fourth-order valence-corrected chi connectivity index (χ4v) is 1.88. The lowest BCUT2D eigenvalue weighted by atomic mass is 10.1. The molecule has 0 aliphatic heterocycles. The largest absolute Gasteiger partial charge is 0.492 e. The zero-order chi connectivity index (χ0) is 13.1. The van der Waals surface area contributed by atoms with Crippen LogP contribution in [0.4, 0.5) is 4.39 Å². The van der Waals surface area contributed by atoms with Crippen molar-refractivity contribution < 1.29 is 9.13 Å². The number of hydrogen-bond donors (Lipinski definition) is 1. The number of aromatic nitrogens is 2. The van der Waals surface area contributed by atoms with E-state index < -0.39 is 5.95 Å². The van der Waals surface area contributed by atoms with Crippen molar-refractivity contribution in [3.63, 3.8) is 0 Å². The van der Waals surface area contributed by atoms with Gasteiger partial charge in [0.25, 0.3) is 5.95 Å². The summed E-state index contributed by atoms with van der Waals surface area (Å²) >= 11 is 0. The van der Waals surface area contributed by atoms with Gasteiger partial charge in [-0.15, -0.1) is 0 Å². The fraction of sp³-hybridized carbons (Fsp3) is 0.462. The molecule has 98 valence electrons. The number of nitrogens with zero attached hydrogens (tertiary/aromatic N) is 2. The third-order valence-corrected chi connectivity index (χ3v) is 3.20. The maximum absolute atomic E-state index is 13.4. The van der Waals surface area contributed by atoms with Crippen molar-refractivity contribution in [2.45, 2.75) is 13.3 Å². The highest BCUT2D eigenvalue weighted by molar-refractivity contribution is 5.81. The summed E-state index contributed by atoms with van der Waals surface area (Å²) in [6.07, 6.45) is 2.79. The topological polar surface area (TPSA) is 41.2 Å². The summed E-state index contributed by atoms with van der Waals surface area (Å²) < 4.78 is 18.4. The first-order chi connectivity index (χ1) is 8.65. The van der Waals surface area contributed by atoms with Gasteiger partial charge in [-0.05, 0) is 31.6 Å². The molecule has 4 nitrogen and oxygen atoms in total. The molecule has 0 aromatic carbocycles. The third-order valence-electron chi connectivity index (χ3n) is 3.20. The zero-order valence-electron chi connectivity index (χ0n) is 11.0. The van der Waals surface area contributed by atoms with Crippen LogP contribution in [0, 0.1) is 5.95 Å². The van der Waals surface area contributed by atoms with E-state index in [9.17, 15) is 4.39 Å². The van der Waals surface area contributed by atoms with Crippen LogP contribution in [0.2, 0.25) is 0 Å². The lowest BCUT2D eigenvalue weighted by molar-refractivity contribution is 0.358. The second-order valence-corrected chi connectivity index (χ2v) is 4.34. The summed E-state index contributed by atoms with van der Waals surface area (Å²) in [4.78, 5) is 9.08. The Morgan fingerprint density at radius 1 is 1.50 bits per heavy atom. The van der Waals surface area contributed by atoms with Gasteiger partial charge in [-0.25, -0.2) is 0 Å². The molecule has 1 N–H and O–H groups in total. The Bertz CT molecular complexity index is 538. The van der Waals surface area contributed by atoms with E-state index in [1.54, 1.807) is 6.07 Å². The smallest absolute Gasteiger partial charge is 0.257 e. The van der Waals surface area contributed by atoms with Gasteiger partial charge in [-0.2, -0.15) is 9.37 Å². The normalized spacial score (nSPS) is 11.4. The summed E-state index contributed by atoms with van der Waals surface area (Å²) in [7, 11) is 3.52. The number of pyridine rings is 1. The van der Waals surface area contributed by atoms with E-state index in [4.69, 9.17) is 4.74 Å². The predicted octanol–water partition coefficient (Wildman–Crippen LogP) is 2.20. The van der Waals surface area contributed by atoms with Crippen LogP contribution in [0.3, 0.4) is 0 Å². The first kappa shape index (κ1) is 12.8. The number of H-pyrrole nitrogens is 1. The lowest BCUT2D eigenvalue weighted by Gasteiger charge is -2.12. The van der Waals surface area contributed by atoms with Gasteiger partial charge in [0.15, 0.2) is 5.75 Å². The Morgan fingerprint density at radius 2 is 2.28 bits per heavy atom. The first-order valence-electron chi connectivity index (χ1n) is 6.04. The van der Waals surface area contributed by atoms with E-state index in [2.05, 4.69) is 28.8 Å². The van der Waals surface area contributed by atoms with Crippen molar-refractivity contribution in [1.82, 2.24) is 14.9 Å². The number of fused-ring (bicyclic) bond motifs is 1. The van der Waals surface area contributed by atoms with Gasteiger partial charge in [-0.1, -0.05) is 6.92 Å². The van der Waals surface area contributed by atoms with Crippen molar-refractivity contribution in [1.29, 1.82) is 0 Å². The lowest BCUT2D eigenvalue weighted by Crippen LogP contribution is -2.20. The molecule has 0 saturated heterocycles. The van der Waals surface area contributed by atoms with Crippen LogP contribution in [-0.2, 0) is 6.42 Å². The van der Waals surface area contributed by atoms with Crippen molar-refractivity contribution in [2.75, 3.05) is 27.2 Å². The van der Waals surface area contributed by atoms with Crippen LogP contribution in [0.25, 0.3) is 11.0 Å². The van der Waals surface area contributed by atoms with Crippen LogP contribution >= 0.6 is 0 Å². The van der Waals surface area contributed by atoms with Crippen LogP contribution in [0.15, 0.2) is 12.3 Å². The van der Waals surface area contributed by atoms with E-state index in [1.165, 1.54) is 7.11 Å². The molecule has 0 fully saturated rings. The van der Waals surface area contributed by atoms with Crippen molar-refractivity contribution in [3.8, 4) is 5.75 Å². The summed E-state index contributed by atoms with van der Waals surface area (Å²) in [5, 5.41) is 0.928. The number of nitrogens with one attached hydrogen (secondary N) is 1. The number of rotatable bonds is 5. The minimum absolute atomic E-state index is 0.187. The Morgan fingerprint density at radius 3 is 2.94 bits per heavy atom. The highest BCUT2D eigenvalue weighted by Crippen LogP contribution is 2.24. The predicted molar refractivity (Wildman–Crippen MR) is 69.5 cm³/mol. The average molecular weight is 251 g/mol. The molecule has 0 bridgehead atoms. The second-order valence-electron chi connectivity index (χ2n) is 4.34. The molecule has 2 aromatic rings. The van der Waals surface area contributed by atoms with E-state index in [1.807, 2.05) is 6.20 Å². The molecule has 0 aliphatic rings. The average Bonchev–Trinajstić information content (AvgIpc) is 2.76. The quantitative estimate of drug-likeness (QED) is 0.828. The van der Waals surface area contributed by atoms with E-state index in [-0.39, 0.29) is 5.75 Å². The first-order valence-corrected chi connectivity index (χ1v) is 6.04. The zero-order valence-corrected chi connectivity index (χ0v) is 11.0. The number of halogens is 1. The monoisotopic (exact) mass is 251 g/mol. The molecule has 18 heavy (non-hydrogen) atoms. The standard InChI is InChI=1S/C13H18FN3O/c1-4-17(2)6-5-9-8-15-13-10(9)7-11(18-3)12(14)16-13/h7-8H,4-6H2,1-3H3,(H,15,16). The molecule has 2 rings (SSSR count). The Balaban J connectivity index is 2.29. The molecule has 0 radical (unpaired) electrons. The Kier molecular flexibility index (Phi) is 3.81.